The number of para-hydroxylation sites is 1. The molecule has 0 aromatic heterocycles. The van der Waals surface area contributed by atoms with Crippen molar-refractivity contribution in [2.45, 2.75) is 5.92 Å². The van der Waals surface area contributed by atoms with E-state index in [1.807, 2.05) is 30.3 Å². The van der Waals surface area contributed by atoms with Crippen LogP contribution in [0.2, 0.25) is 0 Å². The molecule has 2 aromatic carbocycles. The molecule has 1 amide bonds. The quantitative estimate of drug-likeness (QED) is 0.874. The van der Waals surface area contributed by atoms with Crippen LogP contribution < -0.4 is 10.1 Å². The molecule has 0 spiro atoms. The Balaban J connectivity index is 1.62. The van der Waals surface area contributed by atoms with Gasteiger partial charge in [-0.1, -0.05) is 48.5 Å². The topological polar surface area (TPSA) is 55.4 Å². The monoisotopic (exact) mass is 281 g/mol. The van der Waals surface area contributed by atoms with Crippen LogP contribution in [-0.2, 0) is 4.79 Å². The van der Waals surface area contributed by atoms with E-state index in [-0.39, 0.29) is 24.2 Å². The Morgan fingerprint density at radius 2 is 1.76 bits per heavy atom. The van der Waals surface area contributed by atoms with Crippen LogP contribution in [0, 0.1) is 0 Å². The minimum atomic E-state index is -0.343. The third kappa shape index (κ3) is 2.79. The van der Waals surface area contributed by atoms with Crippen molar-refractivity contribution in [2.24, 2.45) is 0 Å². The molecule has 0 saturated heterocycles. The first-order valence-electron chi connectivity index (χ1n) is 6.83. The molecule has 4 nitrogen and oxygen atoms in total. The predicted molar refractivity (Wildman–Crippen MR) is 78.5 cm³/mol. The smallest absolute Gasteiger partial charge is 0.231 e. The zero-order valence-electron chi connectivity index (χ0n) is 11.4. The lowest BCUT2D eigenvalue weighted by molar-refractivity contribution is -0.122. The Bertz CT molecular complexity index is 667. The van der Waals surface area contributed by atoms with Crippen molar-refractivity contribution in [3.63, 3.8) is 0 Å². The highest BCUT2D eigenvalue weighted by Gasteiger charge is 2.30. The summed E-state index contributed by atoms with van der Waals surface area (Å²) in [6, 6.07) is 16.4. The molecule has 1 N–H and O–H groups in total. The SMILES string of the molecule is O=C(CNC(=O)C1COc2ccccc21)c1ccccc1. The van der Waals surface area contributed by atoms with Gasteiger partial charge < -0.3 is 10.1 Å². The van der Waals surface area contributed by atoms with E-state index in [1.54, 1.807) is 24.3 Å². The molecule has 1 aliphatic rings. The van der Waals surface area contributed by atoms with Crippen LogP contribution in [0.3, 0.4) is 0 Å². The van der Waals surface area contributed by atoms with E-state index in [2.05, 4.69) is 5.32 Å². The van der Waals surface area contributed by atoms with Gasteiger partial charge in [-0.2, -0.15) is 0 Å². The molecule has 3 rings (SSSR count). The summed E-state index contributed by atoms with van der Waals surface area (Å²) in [6.07, 6.45) is 0. The number of carbonyl (C=O) groups excluding carboxylic acids is 2. The number of hydrogen-bond donors (Lipinski definition) is 1. The van der Waals surface area contributed by atoms with Crippen LogP contribution in [0.4, 0.5) is 0 Å². The fourth-order valence-corrected chi connectivity index (χ4v) is 2.40. The van der Waals surface area contributed by atoms with E-state index in [0.29, 0.717) is 12.2 Å². The molecule has 0 fully saturated rings. The van der Waals surface area contributed by atoms with Crippen molar-refractivity contribution in [3.8, 4) is 5.75 Å². The maximum absolute atomic E-state index is 12.2. The first-order valence-corrected chi connectivity index (χ1v) is 6.83. The number of benzene rings is 2. The van der Waals surface area contributed by atoms with Gasteiger partial charge in [0.15, 0.2) is 5.78 Å². The lowest BCUT2D eigenvalue weighted by Crippen LogP contribution is -2.34. The Morgan fingerprint density at radius 1 is 1.05 bits per heavy atom. The van der Waals surface area contributed by atoms with Crippen molar-refractivity contribution in [1.82, 2.24) is 5.32 Å². The molecule has 0 radical (unpaired) electrons. The Kier molecular flexibility index (Phi) is 3.69. The van der Waals surface area contributed by atoms with Gasteiger partial charge in [-0.15, -0.1) is 0 Å². The van der Waals surface area contributed by atoms with E-state index < -0.39 is 0 Å². The molecule has 0 aliphatic carbocycles. The Morgan fingerprint density at radius 3 is 2.57 bits per heavy atom. The highest BCUT2D eigenvalue weighted by Crippen LogP contribution is 2.33. The molecule has 4 heteroatoms. The molecule has 0 bridgehead atoms. The molecular weight excluding hydrogens is 266 g/mol. The summed E-state index contributed by atoms with van der Waals surface area (Å²) in [5, 5.41) is 2.70. The van der Waals surface area contributed by atoms with Gasteiger partial charge in [0, 0.05) is 11.1 Å². The van der Waals surface area contributed by atoms with Crippen molar-refractivity contribution >= 4 is 11.7 Å². The first kappa shape index (κ1) is 13.4. The first-order chi connectivity index (χ1) is 10.3. The number of nitrogens with one attached hydrogen (secondary N) is 1. The summed E-state index contributed by atoms with van der Waals surface area (Å²) in [5.41, 5.74) is 1.48. The minimum absolute atomic E-state index is 0.00150. The fourth-order valence-electron chi connectivity index (χ4n) is 2.40. The van der Waals surface area contributed by atoms with Gasteiger partial charge in [-0.3, -0.25) is 9.59 Å². The van der Waals surface area contributed by atoms with Gasteiger partial charge >= 0.3 is 0 Å². The molecule has 106 valence electrons. The number of rotatable bonds is 4. The highest BCUT2D eigenvalue weighted by atomic mass is 16.5. The van der Waals surface area contributed by atoms with E-state index in [1.165, 1.54) is 0 Å². The van der Waals surface area contributed by atoms with Crippen LogP contribution in [0.25, 0.3) is 0 Å². The van der Waals surface area contributed by atoms with Crippen LogP contribution in [-0.4, -0.2) is 24.8 Å². The zero-order valence-corrected chi connectivity index (χ0v) is 11.4. The van der Waals surface area contributed by atoms with Crippen molar-refractivity contribution in [2.75, 3.05) is 13.2 Å². The second kappa shape index (κ2) is 5.79. The highest BCUT2D eigenvalue weighted by molar-refractivity contribution is 6.00. The summed E-state index contributed by atoms with van der Waals surface area (Å²) < 4.78 is 5.48. The number of ether oxygens (including phenoxy) is 1. The fraction of sp³-hybridized carbons (Fsp3) is 0.176. The lowest BCUT2D eigenvalue weighted by Gasteiger charge is -2.09. The van der Waals surface area contributed by atoms with E-state index in [9.17, 15) is 9.59 Å². The van der Waals surface area contributed by atoms with Crippen LogP contribution in [0.1, 0.15) is 21.8 Å². The normalized spacial score (nSPS) is 15.9. The second-order valence-corrected chi connectivity index (χ2v) is 4.91. The standard InChI is InChI=1S/C17H15NO3/c19-15(12-6-2-1-3-7-12)10-18-17(20)14-11-21-16-9-5-4-8-13(14)16/h1-9,14H,10-11H2,(H,18,20). The number of fused-ring (bicyclic) bond motifs is 1. The molecule has 1 aliphatic heterocycles. The van der Waals surface area contributed by atoms with Crippen molar-refractivity contribution < 1.29 is 14.3 Å². The Hall–Kier alpha value is -2.62. The van der Waals surface area contributed by atoms with Gasteiger partial charge in [0.2, 0.25) is 5.91 Å². The number of hydrogen-bond acceptors (Lipinski definition) is 3. The molecule has 21 heavy (non-hydrogen) atoms. The summed E-state index contributed by atoms with van der Waals surface area (Å²) in [6.45, 7) is 0.326. The average molecular weight is 281 g/mol. The van der Waals surface area contributed by atoms with Gasteiger partial charge in [-0.05, 0) is 6.07 Å². The summed E-state index contributed by atoms with van der Waals surface area (Å²) >= 11 is 0. The third-order valence-electron chi connectivity index (χ3n) is 3.54. The number of Topliss-reactive ketones (excluding diaryl/α,β-unsaturated/α-hetero) is 1. The number of carbonyl (C=O) groups is 2. The largest absolute Gasteiger partial charge is 0.492 e. The van der Waals surface area contributed by atoms with Crippen LogP contribution in [0.5, 0.6) is 5.75 Å². The van der Waals surface area contributed by atoms with Gasteiger partial charge in [0.1, 0.15) is 18.3 Å². The van der Waals surface area contributed by atoms with E-state index >= 15 is 0 Å². The summed E-state index contributed by atoms with van der Waals surface area (Å²) in [5.74, 6) is 0.122. The van der Waals surface area contributed by atoms with Gasteiger partial charge in [0.25, 0.3) is 0 Å². The summed E-state index contributed by atoms with van der Waals surface area (Å²) in [4.78, 5) is 24.2. The maximum atomic E-state index is 12.2. The molecular formula is C17H15NO3. The van der Waals surface area contributed by atoms with Crippen LogP contribution in [0.15, 0.2) is 54.6 Å². The van der Waals surface area contributed by atoms with Crippen molar-refractivity contribution in [3.05, 3.63) is 65.7 Å². The molecule has 1 heterocycles. The second-order valence-electron chi connectivity index (χ2n) is 4.91. The molecule has 0 saturated carbocycles. The zero-order chi connectivity index (χ0) is 14.7. The lowest BCUT2D eigenvalue weighted by atomic mass is 10.0. The van der Waals surface area contributed by atoms with E-state index in [0.717, 1.165) is 11.3 Å². The van der Waals surface area contributed by atoms with Gasteiger partial charge in [0.05, 0.1) is 6.54 Å². The third-order valence-corrected chi connectivity index (χ3v) is 3.54. The minimum Gasteiger partial charge on any atom is -0.492 e. The molecule has 2 aromatic rings. The maximum Gasteiger partial charge on any atom is 0.231 e. The van der Waals surface area contributed by atoms with Gasteiger partial charge in [-0.25, -0.2) is 0 Å². The summed E-state index contributed by atoms with van der Waals surface area (Å²) in [7, 11) is 0. The number of ketones is 1. The molecule has 1 unspecified atom stereocenters. The molecule has 1 atom stereocenters. The average Bonchev–Trinajstić information content (AvgIpc) is 2.97. The van der Waals surface area contributed by atoms with Crippen molar-refractivity contribution in [1.29, 1.82) is 0 Å². The predicted octanol–water partition coefficient (Wildman–Crippen LogP) is 2.16. The van der Waals surface area contributed by atoms with Crippen LogP contribution >= 0.6 is 0 Å². The number of amides is 1. The Labute approximate surface area is 122 Å². The van der Waals surface area contributed by atoms with E-state index in [4.69, 9.17) is 4.74 Å².